The molecule has 0 heterocycles. The smallest absolute Gasteiger partial charge is 0.307 e. The largest absolute Gasteiger partial charge is 0.461 e. The molecular formula is C15H22O2S. The average Bonchev–Trinajstić information content (AvgIpc) is 2.35. The maximum absolute atomic E-state index is 11.4. The Hall–Kier alpha value is -0.960. The van der Waals surface area contributed by atoms with Gasteiger partial charge in [0.25, 0.3) is 0 Å². The summed E-state index contributed by atoms with van der Waals surface area (Å²) in [5.74, 6) is 0.384. The van der Waals surface area contributed by atoms with Crippen molar-refractivity contribution in [1.82, 2.24) is 0 Å². The molecular weight excluding hydrogens is 244 g/mol. The van der Waals surface area contributed by atoms with Crippen LogP contribution in [0.25, 0.3) is 0 Å². The van der Waals surface area contributed by atoms with Crippen LogP contribution in [0.3, 0.4) is 0 Å². The van der Waals surface area contributed by atoms with Crippen LogP contribution in [0, 0.1) is 0 Å². The fraction of sp³-hybridized carbons (Fsp3) is 0.533. The summed E-state index contributed by atoms with van der Waals surface area (Å²) in [5.41, 5.74) is 2.36. The van der Waals surface area contributed by atoms with Crippen molar-refractivity contribution < 1.29 is 9.53 Å². The Bertz CT molecular complexity index is 371. The van der Waals surface area contributed by atoms with Gasteiger partial charge in [-0.05, 0) is 23.5 Å². The van der Waals surface area contributed by atoms with Crippen LogP contribution in [0.4, 0.5) is 0 Å². The van der Waals surface area contributed by atoms with Crippen LogP contribution in [-0.4, -0.2) is 11.2 Å². The number of hydrogen-bond acceptors (Lipinski definition) is 3. The first-order valence-electron chi connectivity index (χ1n) is 6.45. The normalized spacial score (nSPS) is 14.0. The minimum Gasteiger partial charge on any atom is -0.461 e. The van der Waals surface area contributed by atoms with E-state index in [-0.39, 0.29) is 11.2 Å². The van der Waals surface area contributed by atoms with Gasteiger partial charge in [0.1, 0.15) is 6.61 Å². The van der Waals surface area contributed by atoms with E-state index in [1.165, 1.54) is 5.56 Å². The van der Waals surface area contributed by atoms with Crippen molar-refractivity contribution >= 4 is 18.6 Å². The van der Waals surface area contributed by atoms with E-state index in [0.717, 1.165) is 12.0 Å². The summed E-state index contributed by atoms with van der Waals surface area (Å²) in [6.45, 7) is 6.62. The van der Waals surface area contributed by atoms with E-state index in [2.05, 4.69) is 38.6 Å². The predicted octanol–water partition coefficient (Wildman–Crippen LogP) is 3.95. The second-order valence-electron chi connectivity index (χ2n) is 4.76. The number of esters is 1. The summed E-state index contributed by atoms with van der Waals surface area (Å²) < 4.78 is 5.18. The Morgan fingerprint density at radius 2 is 1.89 bits per heavy atom. The minimum atomic E-state index is -0.191. The first-order chi connectivity index (χ1) is 8.52. The summed E-state index contributed by atoms with van der Waals surface area (Å²) in [6, 6.07) is 8.27. The maximum Gasteiger partial charge on any atom is 0.307 e. The number of rotatable bonds is 6. The fourth-order valence-corrected chi connectivity index (χ4v) is 1.79. The second kappa shape index (κ2) is 7.47. The summed E-state index contributed by atoms with van der Waals surface area (Å²) in [6.07, 6.45) is 1.49. The molecule has 0 aliphatic heterocycles. The van der Waals surface area contributed by atoms with Gasteiger partial charge in [-0.1, -0.05) is 45.0 Å². The zero-order valence-electron chi connectivity index (χ0n) is 11.3. The van der Waals surface area contributed by atoms with Crippen molar-refractivity contribution in [2.75, 3.05) is 0 Å². The molecule has 100 valence electrons. The highest BCUT2D eigenvalue weighted by molar-refractivity contribution is 7.80. The predicted molar refractivity (Wildman–Crippen MR) is 78.0 cm³/mol. The van der Waals surface area contributed by atoms with Gasteiger partial charge in [-0.3, -0.25) is 4.79 Å². The molecule has 1 aromatic carbocycles. The zero-order valence-corrected chi connectivity index (χ0v) is 12.2. The van der Waals surface area contributed by atoms with Gasteiger partial charge < -0.3 is 4.74 Å². The molecule has 0 aromatic heterocycles. The molecule has 0 spiro atoms. The molecule has 0 saturated heterocycles. The van der Waals surface area contributed by atoms with Gasteiger partial charge in [-0.15, -0.1) is 0 Å². The molecule has 0 saturated carbocycles. The Morgan fingerprint density at radius 1 is 1.28 bits per heavy atom. The molecule has 3 heteroatoms. The van der Waals surface area contributed by atoms with E-state index in [1.54, 1.807) is 0 Å². The molecule has 2 nitrogen and oxygen atoms in total. The quantitative estimate of drug-likeness (QED) is 0.623. The lowest BCUT2D eigenvalue weighted by Crippen LogP contribution is -2.09. The number of carbonyl (C=O) groups excluding carboxylic acids is 1. The van der Waals surface area contributed by atoms with Gasteiger partial charge in [0.15, 0.2) is 0 Å². The van der Waals surface area contributed by atoms with E-state index in [9.17, 15) is 4.79 Å². The van der Waals surface area contributed by atoms with Crippen LogP contribution in [0.5, 0.6) is 0 Å². The zero-order chi connectivity index (χ0) is 13.5. The number of ether oxygens (including phenoxy) is 1. The first-order valence-corrected chi connectivity index (χ1v) is 6.97. The Kier molecular flexibility index (Phi) is 6.27. The lowest BCUT2D eigenvalue weighted by Gasteiger charge is -2.10. The highest BCUT2D eigenvalue weighted by atomic mass is 32.1. The average molecular weight is 266 g/mol. The van der Waals surface area contributed by atoms with Gasteiger partial charge >= 0.3 is 5.97 Å². The van der Waals surface area contributed by atoms with Crippen LogP contribution in [0.2, 0.25) is 0 Å². The number of benzene rings is 1. The van der Waals surface area contributed by atoms with Gasteiger partial charge in [-0.25, -0.2) is 0 Å². The molecule has 0 aliphatic rings. The van der Waals surface area contributed by atoms with E-state index in [4.69, 9.17) is 4.74 Å². The Labute approximate surface area is 115 Å². The summed E-state index contributed by atoms with van der Waals surface area (Å²) in [7, 11) is 0. The molecule has 0 bridgehead atoms. The van der Waals surface area contributed by atoms with E-state index >= 15 is 0 Å². The summed E-state index contributed by atoms with van der Waals surface area (Å²) >= 11 is 4.16. The third kappa shape index (κ3) is 5.13. The maximum atomic E-state index is 11.4. The lowest BCUT2D eigenvalue weighted by molar-refractivity contribution is -0.144. The SMILES string of the molecule is CCC(C)c1ccc(COC(=O)CC(C)S)cc1. The van der Waals surface area contributed by atoms with Gasteiger partial charge in [-0.2, -0.15) is 12.6 Å². The lowest BCUT2D eigenvalue weighted by atomic mass is 9.98. The second-order valence-corrected chi connectivity index (χ2v) is 5.65. The van der Waals surface area contributed by atoms with Crippen molar-refractivity contribution in [3.8, 4) is 0 Å². The highest BCUT2D eigenvalue weighted by Crippen LogP contribution is 2.19. The van der Waals surface area contributed by atoms with Crippen molar-refractivity contribution in [2.45, 2.75) is 51.4 Å². The minimum absolute atomic E-state index is 0.0466. The van der Waals surface area contributed by atoms with Crippen molar-refractivity contribution in [3.05, 3.63) is 35.4 Å². The molecule has 1 aromatic rings. The first kappa shape index (κ1) is 15.1. The third-order valence-electron chi connectivity index (χ3n) is 3.02. The van der Waals surface area contributed by atoms with Crippen molar-refractivity contribution in [1.29, 1.82) is 0 Å². The van der Waals surface area contributed by atoms with Crippen LogP contribution in [0.1, 0.15) is 50.7 Å². The van der Waals surface area contributed by atoms with Crippen LogP contribution in [0.15, 0.2) is 24.3 Å². The standard InChI is InChI=1S/C15H22O2S/c1-4-11(2)14-7-5-13(6-8-14)10-17-15(16)9-12(3)18/h5-8,11-12,18H,4,9-10H2,1-3H3. The summed E-state index contributed by atoms with van der Waals surface area (Å²) in [5, 5.41) is 0.0466. The number of hydrogen-bond donors (Lipinski definition) is 1. The highest BCUT2D eigenvalue weighted by Gasteiger charge is 2.07. The molecule has 18 heavy (non-hydrogen) atoms. The van der Waals surface area contributed by atoms with Gasteiger partial charge in [0, 0.05) is 5.25 Å². The molecule has 1 rings (SSSR count). The molecule has 2 atom stereocenters. The summed E-state index contributed by atoms with van der Waals surface area (Å²) in [4.78, 5) is 11.4. The number of thiol groups is 1. The van der Waals surface area contributed by atoms with Crippen LogP contribution in [-0.2, 0) is 16.1 Å². The molecule has 0 aliphatic carbocycles. The third-order valence-corrected chi connectivity index (χ3v) is 3.21. The van der Waals surface area contributed by atoms with Crippen molar-refractivity contribution in [3.63, 3.8) is 0 Å². The van der Waals surface area contributed by atoms with Gasteiger partial charge in [0.2, 0.25) is 0 Å². The molecule has 0 fully saturated rings. The molecule has 0 N–H and O–H groups in total. The topological polar surface area (TPSA) is 26.3 Å². The molecule has 2 unspecified atom stereocenters. The van der Waals surface area contributed by atoms with E-state index < -0.39 is 0 Å². The fourth-order valence-electron chi connectivity index (χ4n) is 1.64. The Balaban J connectivity index is 2.46. The van der Waals surface area contributed by atoms with E-state index in [1.807, 2.05) is 19.1 Å². The molecule has 0 amide bonds. The molecule has 0 radical (unpaired) electrons. The van der Waals surface area contributed by atoms with Crippen LogP contribution >= 0.6 is 12.6 Å². The van der Waals surface area contributed by atoms with Crippen molar-refractivity contribution in [2.24, 2.45) is 0 Å². The Morgan fingerprint density at radius 3 is 2.39 bits per heavy atom. The number of carbonyl (C=O) groups is 1. The monoisotopic (exact) mass is 266 g/mol. The van der Waals surface area contributed by atoms with E-state index in [0.29, 0.717) is 18.9 Å². The van der Waals surface area contributed by atoms with Gasteiger partial charge in [0.05, 0.1) is 6.42 Å². The van der Waals surface area contributed by atoms with Crippen LogP contribution < -0.4 is 0 Å².